The Kier molecular flexibility index (Phi) is 2.96. The molecule has 1 unspecified atom stereocenters. The molecule has 0 spiro atoms. The summed E-state index contributed by atoms with van der Waals surface area (Å²) in [5.41, 5.74) is 5.11. The van der Waals surface area contributed by atoms with E-state index in [0.29, 0.717) is 5.92 Å². The second-order valence-corrected chi connectivity index (χ2v) is 4.31. The number of nitrogens with two attached hydrogens (primary N) is 1. The van der Waals surface area contributed by atoms with Gasteiger partial charge < -0.3 is 10.5 Å². The number of hydrogen-bond acceptors (Lipinski definition) is 4. The lowest BCUT2D eigenvalue weighted by Gasteiger charge is -2.17. The normalized spacial score (nSPS) is 29.5. The number of aromatic nitrogens is 2. The van der Waals surface area contributed by atoms with Gasteiger partial charge in [-0.05, 0) is 18.9 Å². The summed E-state index contributed by atoms with van der Waals surface area (Å²) in [6.07, 6.45) is 3.65. The van der Waals surface area contributed by atoms with Crippen molar-refractivity contribution in [1.29, 1.82) is 0 Å². The second-order valence-electron chi connectivity index (χ2n) is 4.31. The summed E-state index contributed by atoms with van der Waals surface area (Å²) in [5, 5.41) is 0. The highest BCUT2D eigenvalue weighted by Crippen LogP contribution is 2.34. The van der Waals surface area contributed by atoms with Crippen LogP contribution in [0.2, 0.25) is 0 Å². The molecule has 1 aromatic heterocycles. The van der Waals surface area contributed by atoms with Crippen LogP contribution in [0.4, 0.5) is 5.82 Å². The fourth-order valence-corrected chi connectivity index (χ4v) is 2.14. The maximum absolute atomic E-state index is 11.7. The summed E-state index contributed by atoms with van der Waals surface area (Å²) < 4.78 is 7.34. The van der Waals surface area contributed by atoms with E-state index in [4.69, 9.17) is 10.5 Å². The van der Waals surface area contributed by atoms with Crippen molar-refractivity contribution in [3.05, 3.63) is 22.7 Å². The molecular weight excluding hydrogens is 206 g/mol. The summed E-state index contributed by atoms with van der Waals surface area (Å²) in [5.74, 6) is 0.576. The second kappa shape index (κ2) is 4.25. The van der Waals surface area contributed by atoms with Gasteiger partial charge >= 0.3 is 5.69 Å². The minimum absolute atomic E-state index is 0.203. The Morgan fingerprint density at radius 1 is 1.69 bits per heavy atom. The number of nitrogens with zero attached hydrogens (tertiary/aromatic N) is 2. The minimum atomic E-state index is -0.339. The molecule has 0 radical (unpaired) electrons. The molecule has 0 saturated carbocycles. The molecule has 2 rings (SSSR count). The Morgan fingerprint density at radius 2 is 2.44 bits per heavy atom. The van der Waals surface area contributed by atoms with Crippen molar-refractivity contribution < 1.29 is 4.74 Å². The zero-order valence-electron chi connectivity index (χ0n) is 9.59. The molecule has 16 heavy (non-hydrogen) atoms. The van der Waals surface area contributed by atoms with Crippen molar-refractivity contribution in [3.63, 3.8) is 0 Å². The van der Waals surface area contributed by atoms with E-state index in [9.17, 15) is 4.79 Å². The van der Waals surface area contributed by atoms with Gasteiger partial charge in [-0.3, -0.25) is 4.57 Å². The molecular formula is C11H17N3O2. The van der Waals surface area contributed by atoms with Crippen LogP contribution in [-0.2, 0) is 4.74 Å². The van der Waals surface area contributed by atoms with Gasteiger partial charge in [0, 0.05) is 12.1 Å². The molecule has 3 atom stereocenters. The van der Waals surface area contributed by atoms with E-state index >= 15 is 0 Å². The predicted molar refractivity (Wildman–Crippen MR) is 60.9 cm³/mol. The van der Waals surface area contributed by atoms with Gasteiger partial charge in [-0.15, -0.1) is 0 Å². The molecule has 1 fully saturated rings. The molecule has 0 amide bonds. The fourth-order valence-electron chi connectivity index (χ4n) is 2.14. The molecule has 5 heteroatoms. The average Bonchev–Trinajstić information content (AvgIpc) is 2.60. The van der Waals surface area contributed by atoms with Crippen LogP contribution in [-0.4, -0.2) is 15.7 Å². The van der Waals surface area contributed by atoms with Gasteiger partial charge in [0.05, 0.1) is 6.10 Å². The lowest BCUT2D eigenvalue weighted by atomic mass is 10.0. The quantitative estimate of drug-likeness (QED) is 0.816. The van der Waals surface area contributed by atoms with Gasteiger partial charge in [0.1, 0.15) is 12.0 Å². The zero-order chi connectivity index (χ0) is 11.7. The molecule has 0 aliphatic carbocycles. The molecule has 1 aliphatic heterocycles. The average molecular weight is 223 g/mol. The van der Waals surface area contributed by atoms with E-state index < -0.39 is 0 Å². The van der Waals surface area contributed by atoms with Crippen molar-refractivity contribution in [2.75, 3.05) is 5.73 Å². The van der Waals surface area contributed by atoms with Gasteiger partial charge in [0.2, 0.25) is 0 Å². The van der Waals surface area contributed by atoms with E-state index in [1.165, 1.54) is 4.57 Å². The molecule has 0 bridgehead atoms. The van der Waals surface area contributed by atoms with Gasteiger partial charge in [-0.2, -0.15) is 4.98 Å². The highest BCUT2D eigenvalue weighted by molar-refractivity contribution is 5.23. The molecule has 5 nitrogen and oxygen atoms in total. The van der Waals surface area contributed by atoms with Gasteiger partial charge in [-0.25, -0.2) is 4.79 Å². The number of rotatable bonds is 2. The summed E-state index contributed by atoms with van der Waals surface area (Å²) in [4.78, 5) is 15.4. The third-order valence-corrected chi connectivity index (χ3v) is 3.03. The van der Waals surface area contributed by atoms with Crippen molar-refractivity contribution in [2.24, 2.45) is 5.92 Å². The van der Waals surface area contributed by atoms with Crippen molar-refractivity contribution in [1.82, 2.24) is 9.55 Å². The lowest BCUT2D eigenvalue weighted by molar-refractivity contribution is -0.0141. The first-order valence-corrected chi connectivity index (χ1v) is 5.62. The Labute approximate surface area is 94.2 Å². The van der Waals surface area contributed by atoms with Crippen molar-refractivity contribution >= 4 is 5.82 Å². The monoisotopic (exact) mass is 223 g/mol. The molecule has 0 aromatic carbocycles. The molecule has 2 N–H and O–H groups in total. The maximum atomic E-state index is 11.7. The number of hydrogen-bond donors (Lipinski definition) is 1. The summed E-state index contributed by atoms with van der Waals surface area (Å²) in [7, 11) is 0. The number of nitrogen functional groups attached to an aromatic ring is 1. The molecule has 2 heterocycles. The van der Waals surface area contributed by atoms with Crippen molar-refractivity contribution in [3.8, 4) is 0 Å². The summed E-state index contributed by atoms with van der Waals surface area (Å²) in [6, 6.07) is 1.62. The first kappa shape index (κ1) is 11.1. The Balaban J connectivity index is 2.28. The fraction of sp³-hybridized carbons (Fsp3) is 0.636. The van der Waals surface area contributed by atoms with E-state index in [1.807, 2.05) is 0 Å². The number of ether oxygens (including phenoxy) is 1. The molecule has 1 aliphatic rings. The third kappa shape index (κ3) is 1.95. The molecule has 1 aromatic rings. The predicted octanol–water partition coefficient (Wildman–Crippen LogP) is 1.16. The first-order chi connectivity index (χ1) is 7.61. The van der Waals surface area contributed by atoms with Crippen molar-refractivity contribution in [2.45, 2.75) is 39.0 Å². The van der Waals surface area contributed by atoms with Crippen LogP contribution in [0.25, 0.3) is 0 Å². The van der Waals surface area contributed by atoms with E-state index in [2.05, 4.69) is 18.8 Å². The summed E-state index contributed by atoms with van der Waals surface area (Å²) in [6.45, 7) is 4.17. The van der Waals surface area contributed by atoms with Crippen LogP contribution >= 0.6 is 0 Å². The Hall–Kier alpha value is -1.36. The SMILES string of the molecule is CC[C@@H]1C[C@H](C)C(n2ccc(N)nc2=O)O1. The maximum Gasteiger partial charge on any atom is 0.351 e. The molecule has 1 saturated heterocycles. The smallest absolute Gasteiger partial charge is 0.351 e. The minimum Gasteiger partial charge on any atom is -0.383 e. The lowest BCUT2D eigenvalue weighted by Crippen LogP contribution is -2.29. The van der Waals surface area contributed by atoms with Crippen LogP contribution in [0, 0.1) is 5.92 Å². The summed E-state index contributed by atoms with van der Waals surface area (Å²) >= 11 is 0. The van der Waals surface area contributed by atoms with E-state index in [-0.39, 0.29) is 23.8 Å². The van der Waals surface area contributed by atoms with Crippen LogP contribution in [0.5, 0.6) is 0 Å². The number of anilines is 1. The van der Waals surface area contributed by atoms with Gasteiger partial charge in [0.25, 0.3) is 0 Å². The van der Waals surface area contributed by atoms with E-state index in [1.54, 1.807) is 12.3 Å². The van der Waals surface area contributed by atoms with Crippen LogP contribution in [0.15, 0.2) is 17.1 Å². The van der Waals surface area contributed by atoms with Gasteiger partial charge in [-0.1, -0.05) is 13.8 Å². The highest BCUT2D eigenvalue weighted by atomic mass is 16.5. The van der Waals surface area contributed by atoms with E-state index in [0.717, 1.165) is 12.8 Å². The Morgan fingerprint density at radius 3 is 3.00 bits per heavy atom. The van der Waals surface area contributed by atoms with Gasteiger partial charge in [0.15, 0.2) is 0 Å². The topological polar surface area (TPSA) is 70.1 Å². The van der Waals surface area contributed by atoms with Crippen LogP contribution in [0.1, 0.15) is 32.9 Å². The standard InChI is InChI=1S/C11H17N3O2/c1-3-8-6-7(2)10(16-8)14-5-4-9(12)13-11(14)15/h4-5,7-8,10H,3,6H2,1-2H3,(H2,12,13,15)/t7-,8+,10?/m0/s1. The largest absolute Gasteiger partial charge is 0.383 e. The molecule has 88 valence electrons. The first-order valence-electron chi connectivity index (χ1n) is 5.62. The third-order valence-electron chi connectivity index (χ3n) is 3.03. The van der Waals surface area contributed by atoms with Crippen LogP contribution < -0.4 is 11.4 Å². The zero-order valence-corrected chi connectivity index (χ0v) is 9.59. The van der Waals surface area contributed by atoms with Crippen LogP contribution in [0.3, 0.4) is 0 Å². The highest BCUT2D eigenvalue weighted by Gasteiger charge is 2.32. The Bertz CT molecular complexity index is 429.